The van der Waals surface area contributed by atoms with Gasteiger partial charge in [0, 0.05) is 25.0 Å². The number of methoxy groups -OCH3 is 1. The lowest BCUT2D eigenvalue weighted by molar-refractivity contribution is -0.140. The maximum absolute atomic E-state index is 12.0. The van der Waals surface area contributed by atoms with Gasteiger partial charge in [-0.3, -0.25) is 9.59 Å². The summed E-state index contributed by atoms with van der Waals surface area (Å²) in [7, 11) is 2.98. The Labute approximate surface area is 111 Å². The molecule has 0 unspecified atom stereocenters. The van der Waals surface area contributed by atoms with E-state index in [4.69, 9.17) is 11.6 Å². The monoisotopic (exact) mass is 269 g/mol. The molecule has 0 atom stereocenters. The van der Waals surface area contributed by atoms with Crippen molar-refractivity contribution in [2.24, 2.45) is 0 Å². The van der Waals surface area contributed by atoms with Crippen LogP contribution in [0.3, 0.4) is 0 Å². The number of amides is 1. The lowest BCUT2D eigenvalue weighted by Gasteiger charge is -2.16. The van der Waals surface area contributed by atoms with Gasteiger partial charge in [0.05, 0.1) is 13.5 Å². The Morgan fingerprint density at radius 2 is 2.11 bits per heavy atom. The zero-order chi connectivity index (χ0) is 13.5. The van der Waals surface area contributed by atoms with Crippen LogP contribution in [0.4, 0.5) is 0 Å². The van der Waals surface area contributed by atoms with Crippen LogP contribution < -0.4 is 0 Å². The number of alkyl halides is 1. The fraction of sp³-hybridized carbons (Fsp3) is 0.385. The van der Waals surface area contributed by atoms with Crippen LogP contribution in [0.15, 0.2) is 24.3 Å². The molecule has 1 amide bonds. The summed E-state index contributed by atoms with van der Waals surface area (Å²) in [6.45, 7) is 0.330. The fourth-order valence-corrected chi connectivity index (χ4v) is 1.64. The Bertz CT molecular complexity index is 434. The van der Waals surface area contributed by atoms with Crippen molar-refractivity contribution in [3.63, 3.8) is 0 Å². The van der Waals surface area contributed by atoms with Crippen LogP contribution in [0.2, 0.25) is 0 Å². The first-order valence-corrected chi connectivity index (χ1v) is 6.09. The lowest BCUT2D eigenvalue weighted by atomic mass is 10.1. The molecule has 0 radical (unpaired) electrons. The maximum atomic E-state index is 12.0. The van der Waals surface area contributed by atoms with Gasteiger partial charge in [0.15, 0.2) is 0 Å². The van der Waals surface area contributed by atoms with E-state index < -0.39 is 0 Å². The van der Waals surface area contributed by atoms with Crippen molar-refractivity contribution in [3.05, 3.63) is 35.4 Å². The molecule has 0 aliphatic carbocycles. The van der Waals surface area contributed by atoms with E-state index in [1.54, 1.807) is 25.2 Å². The van der Waals surface area contributed by atoms with E-state index in [9.17, 15) is 9.59 Å². The minimum absolute atomic E-state index is 0.133. The van der Waals surface area contributed by atoms with Gasteiger partial charge in [-0.2, -0.15) is 0 Å². The van der Waals surface area contributed by atoms with Gasteiger partial charge in [-0.25, -0.2) is 0 Å². The molecule has 0 saturated carbocycles. The third kappa shape index (κ3) is 4.04. The molecule has 1 aromatic rings. The predicted molar refractivity (Wildman–Crippen MR) is 69.6 cm³/mol. The summed E-state index contributed by atoms with van der Waals surface area (Å²) in [6.07, 6.45) is 0.188. The lowest BCUT2D eigenvalue weighted by Crippen LogP contribution is -2.29. The molecule has 0 N–H and O–H groups in total. The maximum Gasteiger partial charge on any atom is 0.307 e. The third-order valence-corrected chi connectivity index (χ3v) is 2.86. The molecule has 1 aromatic carbocycles. The molecule has 0 aliphatic heterocycles. The van der Waals surface area contributed by atoms with Crippen molar-refractivity contribution < 1.29 is 14.3 Å². The SMILES string of the molecule is COC(=O)CCN(C)C(=O)c1cccc(CCl)c1. The fourth-order valence-electron chi connectivity index (χ4n) is 1.47. The molecule has 0 saturated heterocycles. The summed E-state index contributed by atoms with van der Waals surface area (Å²) in [6, 6.07) is 7.13. The van der Waals surface area contributed by atoms with Crippen molar-refractivity contribution in [1.29, 1.82) is 0 Å². The van der Waals surface area contributed by atoms with Crippen molar-refractivity contribution in [3.8, 4) is 0 Å². The van der Waals surface area contributed by atoms with Gasteiger partial charge in [-0.05, 0) is 17.7 Å². The number of hydrogen-bond donors (Lipinski definition) is 0. The highest BCUT2D eigenvalue weighted by atomic mass is 35.5. The van der Waals surface area contributed by atoms with Crippen molar-refractivity contribution in [2.45, 2.75) is 12.3 Å². The first kappa shape index (κ1) is 14.5. The highest BCUT2D eigenvalue weighted by molar-refractivity contribution is 6.17. The third-order valence-electron chi connectivity index (χ3n) is 2.55. The van der Waals surface area contributed by atoms with Crippen LogP contribution in [0.1, 0.15) is 22.3 Å². The van der Waals surface area contributed by atoms with Crippen molar-refractivity contribution in [1.82, 2.24) is 4.90 Å². The molecule has 0 aliphatic rings. The molecular weight excluding hydrogens is 254 g/mol. The average molecular weight is 270 g/mol. The summed E-state index contributed by atoms with van der Waals surface area (Å²) in [5.74, 6) is -0.0949. The first-order valence-electron chi connectivity index (χ1n) is 5.55. The van der Waals surface area contributed by atoms with E-state index in [0.717, 1.165) is 5.56 Å². The molecule has 4 nitrogen and oxygen atoms in total. The molecule has 98 valence electrons. The summed E-state index contributed by atoms with van der Waals surface area (Å²) >= 11 is 5.72. The molecule has 0 spiro atoms. The number of ether oxygens (including phenoxy) is 1. The van der Waals surface area contributed by atoms with E-state index in [2.05, 4.69) is 4.74 Å². The highest BCUT2D eigenvalue weighted by Gasteiger charge is 2.13. The summed E-state index contributed by atoms with van der Waals surface area (Å²) < 4.78 is 4.53. The van der Waals surface area contributed by atoms with Gasteiger partial charge < -0.3 is 9.64 Å². The molecule has 5 heteroatoms. The minimum Gasteiger partial charge on any atom is -0.469 e. The van der Waals surface area contributed by atoms with Gasteiger partial charge in [0.2, 0.25) is 0 Å². The Morgan fingerprint density at radius 3 is 2.72 bits per heavy atom. The molecule has 0 bridgehead atoms. The summed E-state index contributed by atoms with van der Waals surface area (Å²) in [5.41, 5.74) is 1.46. The average Bonchev–Trinajstić information content (AvgIpc) is 2.43. The van der Waals surface area contributed by atoms with E-state index in [1.165, 1.54) is 12.0 Å². The Hall–Kier alpha value is -1.55. The van der Waals surface area contributed by atoms with Gasteiger partial charge in [-0.15, -0.1) is 11.6 Å². The number of carbonyl (C=O) groups is 2. The zero-order valence-electron chi connectivity index (χ0n) is 10.5. The molecular formula is C13H16ClNO3. The van der Waals surface area contributed by atoms with Gasteiger partial charge in [0.1, 0.15) is 0 Å². The number of nitrogens with zero attached hydrogens (tertiary/aromatic N) is 1. The second kappa shape index (κ2) is 7.01. The van der Waals surface area contributed by atoms with Gasteiger partial charge in [-0.1, -0.05) is 12.1 Å². The van der Waals surface area contributed by atoms with Crippen LogP contribution in [-0.2, 0) is 15.4 Å². The number of carbonyl (C=O) groups excluding carboxylic acids is 2. The second-order valence-electron chi connectivity index (χ2n) is 3.89. The Balaban J connectivity index is 2.65. The van der Waals surface area contributed by atoms with Crippen LogP contribution in [0.25, 0.3) is 0 Å². The smallest absolute Gasteiger partial charge is 0.307 e. The molecule has 1 rings (SSSR count). The van der Waals surface area contributed by atoms with Crippen LogP contribution >= 0.6 is 11.6 Å². The number of rotatable bonds is 5. The van der Waals surface area contributed by atoms with Crippen LogP contribution in [0.5, 0.6) is 0 Å². The minimum atomic E-state index is -0.329. The zero-order valence-corrected chi connectivity index (χ0v) is 11.2. The molecule has 0 heterocycles. The van der Waals surface area contributed by atoms with Gasteiger partial charge >= 0.3 is 5.97 Å². The highest BCUT2D eigenvalue weighted by Crippen LogP contribution is 2.10. The standard InChI is InChI=1S/C13H16ClNO3/c1-15(7-6-12(16)18-2)13(17)11-5-3-4-10(8-11)9-14/h3-5,8H,6-7,9H2,1-2H3. The largest absolute Gasteiger partial charge is 0.469 e. The van der Waals surface area contributed by atoms with Crippen molar-refractivity contribution in [2.75, 3.05) is 20.7 Å². The first-order chi connectivity index (χ1) is 8.58. The van der Waals surface area contributed by atoms with E-state index in [0.29, 0.717) is 18.0 Å². The normalized spacial score (nSPS) is 9.94. The Morgan fingerprint density at radius 1 is 1.39 bits per heavy atom. The summed E-state index contributed by atoms with van der Waals surface area (Å²) in [4.78, 5) is 24.5. The van der Waals surface area contributed by atoms with E-state index in [1.807, 2.05) is 6.07 Å². The number of esters is 1. The van der Waals surface area contributed by atoms with E-state index >= 15 is 0 Å². The number of benzene rings is 1. The Kier molecular flexibility index (Phi) is 5.65. The molecule has 0 aromatic heterocycles. The number of halogens is 1. The molecule has 0 fully saturated rings. The van der Waals surface area contributed by atoms with Crippen molar-refractivity contribution >= 4 is 23.5 Å². The van der Waals surface area contributed by atoms with Gasteiger partial charge in [0.25, 0.3) is 5.91 Å². The number of hydrogen-bond acceptors (Lipinski definition) is 3. The van der Waals surface area contributed by atoms with Crippen LogP contribution in [-0.4, -0.2) is 37.5 Å². The van der Waals surface area contributed by atoms with E-state index in [-0.39, 0.29) is 18.3 Å². The molecule has 18 heavy (non-hydrogen) atoms. The predicted octanol–water partition coefficient (Wildman–Crippen LogP) is 2.06. The van der Waals surface area contributed by atoms with Crippen LogP contribution in [0, 0.1) is 0 Å². The summed E-state index contributed by atoms with van der Waals surface area (Å²) in [5, 5.41) is 0. The topological polar surface area (TPSA) is 46.6 Å². The second-order valence-corrected chi connectivity index (χ2v) is 4.15. The quantitative estimate of drug-likeness (QED) is 0.607.